The van der Waals surface area contributed by atoms with Crippen molar-refractivity contribution in [2.75, 3.05) is 17.2 Å². The fraction of sp³-hybridized carbons (Fsp3) is 0.111. The summed E-state index contributed by atoms with van der Waals surface area (Å²) in [5.74, 6) is -0.981. The van der Waals surface area contributed by atoms with Crippen molar-refractivity contribution in [1.82, 2.24) is 10.3 Å². The van der Waals surface area contributed by atoms with Crippen molar-refractivity contribution < 1.29 is 14.4 Å². The second-order valence-electron chi connectivity index (χ2n) is 5.14. The molecule has 0 aliphatic carbocycles. The Morgan fingerprint density at radius 2 is 1.80 bits per heavy atom. The fourth-order valence-corrected chi connectivity index (χ4v) is 2.04. The predicted molar refractivity (Wildman–Crippen MR) is 95.5 cm³/mol. The van der Waals surface area contributed by atoms with Crippen molar-refractivity contribution in [3.05, 3.63) is 66.5 Å². The van der Waals surface area contributed by atoms with Crippen LogP contribution in [0.4, 0.5) is 11.4 Å². The molecule has 7 nitrogen and oxygen atoms in total. The summed E-state index contributed by atoms with van der Waals surface area (Å²) in [4.78, 5) is 39.3. The molecule has 0 bridgehead atoms. The Labute approximate surface area is 145 Å². The topological polar surface area (TPSA) is 100 Å². The van der Waals surface area contributed by atoms with Crippen LogP contribution in [0.1, 0.15) is 27.8 Å². The Hall–Kier alpha value is -3.48. The number of benzene rings is 1. The first-order valence-corrected chi connectivity index (χ1v) is 7.53. The van der Waals surface area contributed by atoms with E-state index in [-0.39, 0.29) is 17.5 Å². The number of nitrogens with one attached hydrogen (secondary N) is 3. The molecule has 128 valence electrons. The van der Waals surface area contributed by atoms with Crippen molar-refractivity contribution >= 4 is 29.1 Å². The molecule has 7 heteroatoms. The van der Waals surface area contributed by atoms with E-state index in [4.69, 9.17) is 0 Å². The highest BCUT2D eigenvalue weighted by Gasteiger charge is 2.12. The third kappa shape index (κ3) is 5.28. The molecule has 25 heavy (non-hydrogen) atoms. The van der Waals surface area contributed by atoms with E-state index < -0.39 is 5.91 Å². The van der Waals surface area contributed by atoms with Gasteiger partial charge in [-0.05, 0) is 30.3 Å². The molecule has 2 aromatic rings. The van der Waals surface area contributed by atoms with Gasteiger partial charge in [0.1, 0.15) is 5.69 Å². The van der Waals surface area contributed by atoms with E-state index in [1.807, 2.05) is 0 Å². The zero-order valence-electron chi connectivity index (χ0n) is 13.7. The van der Waals surface area contributed by atoms with Crippen molar-refractivity contribution in [3.63, 3.8) is 0 Å². The minimum absolute atomic E-state index is 0.108. The summed E-state index contributed by atoms with van der Waals surface area (Å²) < 4.78 is 0. The smallest absolute Gasteiger partial charge is 0.274 e. The maximum absolute atomic E-state index is 12.3. The van der Waals surface area contributed by atoms with Gasteiger partial charge in [0, 0.05) is 36.6 Å². The Kier molecular flexibility index (Phi) is 6.00. The maximum atomic E-state index is 12.3. The average molecular weight is 338 g/mol. The number of amides is 3. The van der Waals surface area contributed by atoms with Crippen LogP contribution >= 0.6 is 0 Å². The molecule has 0 radical (unpaired) electrons. The minimum Gasteiger partial charge on any atom is -0.349 e. The highest BCUT2D eigenvalue weighted by atomic mass is 16.2. The minimum atomic E-state index is -0.460. The van der Waals surface area contributed by atoms with Gasteiger partial charge in [-0.1, -0.05) is 12.1 Å². The highest BCUT2D eigenvalue weighted by molar-refractivity contribution is 6.05. The Morgan fingerprint density at radius 1 is 1.08 bits per heavy atom. The molecule has 0 saturated heterocycles. The van der Waals surface area contributed by atoms with Crippen LogP contribution < -0.4 is 16.0 Å². The Morgan fingerprint density at radius 3 is 2.48 bits per heavy atom. The van der Waals surface area contributed by atoms with Gasteiger partial charge in [0.05, 0.1) is 0 Å². The summed E-state index contributed by atoms with van der Waals surface area (Å²) in [6, 6.07) is 9.65. The molecule has 2 rings (SSSR count). The van der Waals surface area contributed by atoms with E-state index in [2.05, 4.69) is 27.5 Å². The quantitative estimate of drug-likeness (QED) is 0.703. The van der Waals surface area contributed by atoms with E-state index >= 15 is 0 Å². The number of pyridine rings is 1. The Bertz CT molecular complexity index is 817. The molecule has 0 unspecified atom stereocenters. The van der Waals surface area contributed by atoms with Crippen LogP contribution in [0.2, 0.25) is 0 Å². The lowest BCUT2D eigenvalue weighted by molar-refractivity contribution is -0.114. The normalized spacial score (nSPS) is 9.80. The monoisotopic (exact) mass is 338 g/mol. The van der Waals surface area contributed by atoms with Gasteiger partial charge in [0.25, 0.3) is 11.8 Å². The number of aromatic nitrogens is 1. The molecule has 1 aromatic heterocycles. The van der Waals surface area contributed by atoms with E-state index in [0.717, 1.165) is 0 Å². The van der Waals surface area contributed by atoms with E-state index in [1.54, 1.807) is 30.3 Å². The summed E-state index contributed by atoms with van der Waals surface area (Å²) in [5.41, 5.74) is 1.50. The fourth-order valence-electron chi connectivity index (χ4n) is 2.04. The molecule has 0 spiro atoms. The van der Waals surface area contributed by atoms with Crippen LogP contribution in [-0.4, -0.2) is 29.3 Å². The number of carbonyl (C=O) groups is 3. The molecule has 3 amide bonds. The highest BCUT2D eigenvalue weighted by Crippen LogP contribution is 2.16. The Balaban J connectivity index is 2.12. The second-order valence-corrected chi connectivity index (χ2v) is 5.14. The molecular formula is C18H18N4O3. The summed E-state index contributed by atoms with van der Waals surface area (Å²) in [7, 11) is 0. The summed E-state index contributed by atoms with van der Waals surface area (Å²) in [5, 5.41) is 7.95. The largest absolute Gasteiger partial charge is 0.349 e. The average Bonchev–Trinajstić information content (AvgIpc) is 2.59. The zero-order chi connectivity index (χ0) is 18.2. The number of carbonyl (C=O) groups excluding carboxylic acids is 3. The summed E-state index contributed by atoms with van der Waals surface area (Å²) >= 11 is 0. The SMILES string of the molecule is C=CCNC(=O)c1ccnc(C(=O)Nc2cccc(NC(C)=O)c2)c1. The van der Waals surface area contributed by atoms with Crippen LogP contribution in [0.5, 0.6) is 0 Å². The van der Waals surface area contributed by atoms with Crippen LogP contribution in [0.15, 0.2) is 55.3 Å². The second kappa shape index (κ2) is 8.39. The van der Waals surface area contributed by atoms with Crippen LogP contribution in [0.25, 0.3) is 0 Å². The van der Waals surface area contributed by atoms with Crippen molar-refractivity contribution in [3.8, 4) is 0 Å². The van der Waals surface area contributed by atoms with Crippen LogP contribution in [0.3, 0.4) is 0 Å². The van der Waals surface area contributed by atoms with Gasteiger partial charge in [-0.3, -0.25) is 19.4 Å². The van der Waals surface area contributed by atoms with Crippen molar-refractivity contribution in [1.29, 1.82) is 0 Å². The first-order valence-electron chi connectivity index (χ1n) is 7.53. The van der Waals surface area contributed by atoms with Gasteiger partial charge in [0.15, 0.2) is 0 Å². The van der Waals surface area contributed by atoms with E-state index in [0.29, 0.717) is 23.5 Å². The third-order valence-corrected chi connectivity index (χ3v) is 3.10. The van der Waals surface area contributed by atoms with Gasteiger partial charge in [-0.25, -0.2) is 0 Å². The molecular weight excluding hydrogens is 320 g/mol. The van der Waals surface area contributed by atoms with Gasteiger partial charge >= 0.3 is 0 Å². The number of nitrogens with zero attached hydrogens (tertiary/aromatic N) is 1. The van der Waals surface area contributed by atoms with Crippen molar-refractivity contribution in [2.24, 2.45) is 0 Å². The number of anilines is 2. The lowest BCUT2D eigenvalue weighted by Crippen LogP contribution is -2.24. The lowest BCUT2D eigenvalue weighted by atomic mass is 10.2. The molecule has 1 aromatic carbocycles. The number of hydrogen-bond acceptors (Lipinski definition) is 4. The van der Waals surface area contributed by atoms with E-state index in [1.165, 1.54) is 25.3 Å². The molecule has 0 fully saturated rings. The molecule has 0 aliphatic rings. The van der Waals surface area contributed by atoms with Crippen LogP contribution in [0, 0.1) is 0 Å². The number of hydrogen-bond donors (Lipinski definition) is 3. The molecule has 0 saturated carbocycles. The van der Waals surface area contributed by atoms with Gasteiger partial charge < -0.3 is 16.0 Å². The number of rotatable bonds is 6. The van der Waals surface area contributed by atoms with Gasteiger partial charge in [0.2, 0.25) is 5.91 Å². The maximum Gasteiger partial charge on any atom is 0.274 e. The molecule has 0 atom stereocenters. The summed E-state index contributed by atoms with van der Waals surface area (Å²) in [6.45, 7) is 5.26. The molecule has 1 heterocycles. The lowest BCUT2D eigenvalue weighted by Gasteiger charge is -2.08. The zero-order valence-corrected chi connectivity index (χ0v) is 13.7. The van der Waals surface area contributed by atoms with Gasteiger partial charge in [-0.2, -0.15) is 0 Å². The van der Waals surface area contributed by atoms with E-state index in [9.17, 15) is 14.4 Å². The van der Waals surface area contributed by atoms with Gasteiger partial charge in [-0.15, -0.1) is 6.58 Å². The first-order chi connectivity index (χ1) is 12.0. The van der Waals surface area contributed by atoms with Crippen molar-refractivity contribution in [2.45, 2.75) is 6.92 Å². The molecule has 0 aliphatic heterocycles. The first kappa shape index (κ1) is 17.9. The summed E-state index contributed by atoms with van der Waals surface area (Å²) in [6.07, 6.45) is 2.96. The van der Waals surface area contributed by atoms with Crippen LogP contribution in [-0.2, 0) is 4.79 Å². The standard InChI is InChI=1S/C18H18N4O3/c1-3-8-20-17(24)13-7-9-19-16(10-13)18(25)22-15-6-4-5-14(11-15)21-12(2)23/h3-7,9-11H,1,8H2,2H3,(H,20,24)(H,21,23)(H,22,25). The third-order valence-electron chi connectivity index (χ3n) is 3.10. The predicted octanol–water partition coefficient (Wildman–Crippen LogP) is 2.21. The molecule has 3 N–H and O–H groups in total.